The Morgan fingerprint density at radius 2 is 2.05 bits per heavy atom. The summed E-state index contributed by atoms with van der Waals surface area (Å²) in [5.41, 5.74) is -0.151. The van der Waals surface area contributed by atoms with Crippen LogP contribution in [-0.4, -0.2) is 46.9 Å². The lowest BCUT2D eigenvalue weighted by molar-refractivity contribution is -0.147. The van der Waals surface area contributed by atoms with Gasteiger partial charge in [0, 0.05) is 6.54 Å². The van der Waals surface area contributed by atoms with Gasteiger partial charge in [0.25, 0.3) is 5.91 Å². The molecule has 0 bridgehead atoms. The standard InChI is InChI=1S/C14H15FN2O4/c15-10-5-2-1-4-9(10)13(19)16-8-12(18)17-7-3-6-11(17)14(20)21/h1-2,4-5,11H,3,6-8H2,(H,16,19)(H,20,21)/t11-/m0/s1. The molecular weight excluding hydrogens is 279 g/mol. The third-order valence-corrected chi connectivity index (χ3v) is 3.38. The lowest BCUT2D eigenvalue weighted by atomic mass is 10.2. The molecule has 0 aromatic heterocycles. The Morgan fingerprint density at radius 3 is 2.71 bits per heavy atom. The third kappa shape index (κ3) is 3.36. The van der Waals surface area contributed by atoms with Gasteiger partial charge < -0.3 is 15.3 Å². The highest BCUT2D eigenvalue weighted by Crippen LogP contribution is 2.17. The summed E-state index contributed by atoms with van der Waals surface area (Å²) in [4.78, 5) is 35.9. The molecule has 1 aromatic rings. The van der Waals surface area contributed by atoms with Gasteiger partial charge in [-0.15, -0.1) is 0 Å². The van der Waals surface area contributed by atoms with E-state index in [1.807, 2.05) is 0 Å². The van der Waals surface area contributed by atoms with Crippen molar-refractivity contribution in [1.29, 1.82) is 0 Å². The van der Waals surface area contributed by atoms with E-state index in [4.69, 9.17) is 5.11 Å². The number of carboxylic acids is 1. The maximum atomic E-state index is 13.4. The van der Waals surface area contributed by atoms with Crippen LogP contribution in [0.3, 0.4) is 0 Å². The van der Waals surface area contributed by atoms with Gasteiger partial charge in [0.15, 0.2) is 0 Å². The zero-order valence-corrected chi connectivity index (χ0v) is 11.2. The molecule has 1 saturated heterocycles. The third-order valence-electron chi connectivity index (χ3n) is 3.38. The molecule has 0 radical (unpaired) electrons. The van der Waals surface area contributed by atoms with Gasteiger partial charge in [-0.3, -0.25) is 9.59 Å². The van der Waals surface area contributed by atoms with Crippen LogP contribution in [0, 0.1) is 5.82 Å². The molecule has 1 fully saturated rings. The fraction of sp³-hybridized carbons (Fsp3) is 0.357. The van der Waals surface area contributed by atoms with Crippen molar-refractivity contribution in [2.75, 3.05) is 13.1 Å². The van der Waals surface area contributed by atoms with E-state index in [1.54, 1.807) is 0 Å². The average molecular weight is 294 g/mol. The van der Waals surface area contributed by atoms with E-state index in [0.717, 1.165) is 6.07 Å². The molecule has 0 aliphatic carbocycles. The SMILES string of the molecule is O=C(NCC(=O)N1CCC[C@H]1C(=O)O)c1ccccc1F. The zero-order valence-electron chi connectivity index (χ0n) is 11.2. The van der Waals surface area contributed by atoms with E-state index in [1.165, 1.54) is 23.1 Å². The fourth-order valence-electron chi connectivity index (χ4n) is 2.32. The van der Waals surface area contributed by atoms with Crippen molar-refractivity contribution in [2.24, 2.45) is 0 Å². The maximum absolute atomic E-state index is 13.4. The van der Waals surface area contributed by atoms with E-state index < -0.39 is 29.6 Å². The molecule has 6 nitrogen and oxygen atoms in total. The summed E-state index contributed by atoms with van der Waals surface area (Å²) < 4.78 is 13.4. The molecule has 1 heterocycles. The van der Waals surface area contributed by atoms with Gasteiger partial charge in [-0.2, -0.15) is 0 Å². The molecule has 1 aromatic carbocycles. The monoisotopic (exact) mass is 294 g/mol. The van der Waals surface area contributed by atoms with Gasteiger partial charge in [0.2, 0.25) is 5.91 Å². The lowest BCUT2D eigenvalue weighted by Crippen LogP contribution is -2.45. The van der Waals surface area contributed by atoms with E-state index in [2.05, 4.69) is 5.32 Å². The van der Waals surface area contributed by atoms with Gasteiger partial charge in [0.05, 0.1) is 12.1 Å². The maximum Gasteiger partial charge on any atom is 0.326 e. The number of rotatable bonds is 4. The Bertz CT molecular complexity index is 576. The first-order valence-corrected chi connectivity index (χ1v) is 6.55. The zero-order chi connectivity index (χ0) is 15.4. The number of carbonyl (C=O) groups is 3. The van der Waals surface area contributed by atoms with Gasteiger partial charge in [-0.25, -0.2) is 9.18 Å². The van der Waals surface area contributed by atoms with Crippen LogP contribution in [0.1, 0.15) is 23.2 Å². The lowest BCUT2D eigenvalue weighted by Gasteiger charge is -2.21. The highest BCUT2D eigenvalue weighted by atomic mass is 19.1. The quantitative estimate of drug-likeness (QED) is 0.853. The van der Waals surface area contributed by atoms with Crippen molar-refractivity contribution in [3.63, 3.8) is 0 Å². The van der Waals surface area contributed by atoms with Gasteiger partial charge in [0.1, 0.15) is 11.9 Å². The van der Waals surface area contributed by atoms with Crippen LogP contribution in [0.25, 0.3) is 0 Å². The van der Waals surface area contributed by atoms with Crippen LogP contribution in [0.5, 0.6) is 0 Å². The Morgan fingerprint density at radius 1 is 1.33 bits per heavy atom. The summed E-state index contributed by atoms with van der Waals surface area (Å²) in [6.45, 7) is 0.00230. The van der Waals surface area contributed by atoms with Gasteiger partial charge >= 0.3 is 5.97 Å². The second kappa shape index (κ2) is 6.34. The molecule has 2 N–H and O–H groups in total. The van der Waals surface area contributed by atoms with Crippen LogP contribution in [0.2, 0.25) is 0 Å². The van der Waals surface area contributed by atoms with Crippen LogP contribution in [-0.2, 0) is 9.59 Å². The smallest absolute Gasteiger partial charge is 0.326 e. The first kappa shape index (κ1) is 15.0. The predicted molar refractivity (Wildman–Crippen MR) is 71.1 cm³/mol. The fourth-order valence-corrected chi connectivity index (χ4v) is 2.32. The number of hydrogen-bond donors (Lipinski definition) is 2. The van der Waals surface area contributed by atoms with Crippen LogP contribution >= 0.6 is 0 Å². The first-order valence-electron chi connectivity index (χ1n) is 6.55. The molecule has 1 aliphatic rings. The van der Waals surface area contributed by atoms with Crippen LogP contribution < -0.4 is 5.32 Å². The van der Waals surface area contributed by atoms with Crippen molar-refractivity contribution >= 4 is 17.8 Å². The Balaban J connectivity index is 1.94. The summed E-state index contributed by atoms with van der Waals surface area (Å²) in [7, 11) is 0. The summed E-state index contributed by atoms with van der Waals surface area (Å²) in [5.74, 6) is -2.91. The van der Waals surface area contributed by atoms with Gasteiger partial charge in [-0.05, 0) is 25.0 Å². The molecule has 0 saturated carbocycles. The van der Waals surface area contributed by atoms with Crippen molar-refractivity contribution in [2.45, 2.75) is 18.9 Å². The minimum atomic E-state index is -1.05. The van der Waals surface area contributed by atoms with E-state index in [0.29, 0.717) is 19.4 Å². The molecule has 1 aliphatic heterocycles. The molecule has 1 atom stereocenters. The number of hydrogen-bond acceptors (Lipinski definition) is 3. The highest BCUT2D eigenvalue weighted by molar-refractivity contribution is 5.97. The predicted octanol–water partition coefficient (Wildman–Crippen LogP) is 0.631. The van der Waals surface area contributed by atoms with E-state index in [9.17, 15) is 18.8 Å². The molecule has 0 spiro atoms. The van der Waals surface area contributed by atoms with Crippen molar-refractivity contribution in [3.8, 4) is 0 Å². The number of nitrogens with zero attached hydrogens (tertiary/aromatic N) is 1. The summed E-state index contributed by atoms with van der Waals surface area (Å²) in [5, 5.41) is 11.3. The number of halogens is 1. The Hall–Kier alpha value is -2.44. The van der Waals surface area contributed by atoms with Crippen molar-refractivity contribution < 1.29 is 23.9 Å². The van der Waals surface area contributed by atoms with Crippen molar-refractivity contribution in [1.82, 2.24) is 10.2 Å². The number of nitrogens with one attached hydrogen (secondary N) is 1. The van der Waals surface area contributed by atoms with Gasteiger partial charge in [-0.1, -0.05) is 12.1 Å². The van der Waals surface area contributed by atoms with Crippen LogP contribution in [0.4, 0.5) is 4.39 Å². The summed E-state index contributed by atoms with van der Waals surface area (Å²) in [6.07, 6.45) is 1.02. The summed E-state index contributed by atoms with van der Waals surface area (Å²) >= 11 is 0. The Labute approximate surface area is 120 Å². The molecule has 21 heavy (non-hydrogen) atoms. The second-order valence-corrected chi connectivity index (χ2v) is 4.75. The molecule has 0 unspecified atom stereocenters. The number of likely N-dealkylation sites (tertiary alicyclic amines) is 1. The number of aliphatic carboxylic acids is 1. The van der Waals surface area contributed by atoms with E-state index in [-0.39, 0.29) is 12.1 Å². The number of carbonyl (C=O) groups excluding carboxylic acids is 2. The average Bonchev–Trinajstić information content (AvgIpc) is 2.94. The first-order chi connectivity index (χ1) is 10.0. The highest BCUT2D eigenvalue weighted by Gasteiger charge is 2.33. The number of carboxylic acid groups (broad SMARTS) is 1. The molecule has 2 amide bonds. The minimum Gasteiger partial charge on any atom is -0.480 e. The summed E-state index contributed by atoms with van der Waals surface area (Å²) in [6, 6.07) is 4.59. The normalized spacial score (nSPS) is 17.6. The number of amides is 2. The van der Waals surface area contributed by atoms with E-state index >= 15 is 0 Å². The van der Waals surface area contributed by atoms with Crippen LogP contribution in [0.15, 0.2) is 24.3 Å². The largest absolute Gasteiger partial charge is 0.480 e. The molecule has 2 rings (SSSR count). The topological polar surface area (TPSA) is 86.7 Å². The van der Waals surface area contributed by atoms with Crippen molar-refractivity contribution in [3.05, 3.63) is 35.6 Å². The minimum absolute atomic E-state index is 0.151. The molecule has 112 valence electrons. The molecular formula is C14H15FN2O4. The number of benzene rings is 1. The second-order valence-electron chi connectivity index (χ2n) is 4.75. The Kier molecular flexibility index (Phi) is 4.52. The molecule has 7 heteroatoms.